The standard InChI is InChI=1S/C17H21ClN4O2S/c1-12(2)10-19-21-7-5-20(6-8-21)16(11-23)22-14-9-13(18)3-4-15(14)25-17(22)24/h3-4,9-12,16H,5-8H2,1-2H3. The highest BCUT2D eigenvalue weighted by atomic mass is 35.5. The number of aldehydes is 1. The number of thiazole rings is 1. The number of aromatic nitrogens is 1. The molecule has 1 saturated heterocycles. The van der Waals surface area contributed by atoms with Crippen molar-refractivity contribution in [1.82, 2.24) is 14.5 Å². The number of fused-ring (bicyclic) bond motifs is 1. The molecular weight excluding hydrogens is 360 g/mol. The van der Waals surface area contributed by atoms with Crippen LogP contribution >= 0.6 is 22.9 Å². The lowest BCUT2D eigenvalue weighted by Gasteiger charge is -2.36. The third kappa shape index (κ3) is 3.94. The van der Waals surface area contributed by atoms with Gasteiger partial charge in [0, 0.05) is 37.4 Å². The molecule has 0 saturated carbocycles. The summed E-state index contributed by atoms with van der Waals surface area (Å²) in [7, 11) is 0. The molecule has 1 aliphatic rings. The maximum Gasteiger partial charge on any atom is 0.309 e. The molecule has 0 aliphatic carbocycles. The number of hydrogen-bond donors (Lipinski definition) is 0. The van der Waals surface area contributed by atoms with Crippen LogP contribution in [0, 0.1) is 5.92 Å². The van der Waals surface area contributed by atoms with Gasteiger partial charge in [0.05, 0.1) is 10.2 Å². The van der Waals surface area contributed by atoms with Crippen molar-refractivity contribution in [2.24, 2.45) is 11.0 Å². The van der Waals surface area contributed by atoms with Crippen LogP contribution in [0.1, 0.15) is 20.0 Å². The van der Waals surface area contributed by atoms with Gasteiger partial charge in [0.15, 0.2) is 6.29 Å². The van der Waals surface area contributed by atoms with Gasteiger partial charge in [0.2, 0.25) is 0 Å². The molecule has 2 heterocycles. The van der Waals surface area contributed by atoms with Gasteiger partial charge in [-0.05, 0) is 24.1 Å². The Morgan fingerprint density at radius 3 is 2.60 bits per heavy atom. The van der Waals surface area contributed by atoms with Gasteiger partial charge in [-0.25, -0.2) is 0 Å². The first-order valence-corrected chi connectivity index (χ1v) is 9.48. The first-order valence-electron chi connectivity index (χ1n) is 8.28. The Morgan fingerprint density at radius 1 is 1.24 bits per heavy atom. The van der Waals surface area contributed by atoms with E-state index in [-0.39, 0.29) is 4.87 Å². The smallest absolute Gasteiger partial charge is 0.299 e. The molecule has 6 nitrogen and oxygen atoms in total. The van der Waals surface area contributed by atoms with Crippen LogP contribution in [0.4, 0.5) is 0 Å². The number of nitrogens with zero attached hydrogens (tertiary/aromatic N) is 4. The molecule has 25 heavy (non-hydrogen) atoms. The molecule has 1 aromatic carbocycles. The number of piperazine rings is 1. The highest BCUT2D eigenvalue weighted by Crippen LogP contribution is 2.25. The van der Waals surface area contributed by atoms with Crippen LogP contribution in [-0.4, -0.2) is 53.2 Å². The number of rotatable bonds is 5. The van der Waals surface area contributed by atoms with E-state index in [9.17, 15) is 9.59 Å². The summed E-state index contributed by atoms with van der Waals surface area (Å²) in [4.78, 5) is 26.1. The average Bonchev–Trinajstić information content (AvgIpc) is 2.90. The zero-order valence-corrected chi connectivity index (χ0v) is 15.8. The van der Waals surface area contributed by atoms with Crippen LogP contribution in [0.25, 0.3) is 10.2 Å². The number of carbonyl (C=O) groups excluding carboxylic acids is 1. The molecule has 3 rings (SSSR count). The van der Waals surface area contributed by atoms with E-state index in [1.165, 1.54) is 0 Å². The Labute approximate surface area is 155 Å². The monoisotopic (exact) mass is 380 g/mol. The number of carbonyl (C=O) groups is 1. The Hall–Kier alpha value is -1.70. The highest BCUT2D eigenvalue weighted by Gasteiger charge is 2.27. The predicted octanol–water partition coefficient (Wildman–Crippen LogP) is 2.67. The summed E-state index contributed by atoms with van der Waals surface area (Å²) >= 11 is 7.21. The number of hydrazone groups is 1. The maximum absolute atomic E-state index is 12.5. The molecule has 1 aromatic heterocycles. The van der Waals surface area contributed by atoms with E-state index in [0.717, 1.165) is 35.4 Å². The topological polar surface area (TPSA) is 57.9 Å². The van der Waals surface area contributed by atoms with E-state index >= 15 is 0 Å². The third-order valence-electron chi connectivity index (χ3n) is 4.15. The molecule has 0 amide bonds. The lowest BCUT2D eigenvalue weighted by Crippen LogP contribution is -2.48. The average molecular weight is 381 g/mol. The van der Waals surface area contributed by atoms with Crippen molar-refractivity contribution < 1.29 is 4.79 Å². The molecule has 1 unspecified atom stereocenters. The van der Waals surface area contributed by atoms with Crippen molar-refractivity contribution in [3.63, 3.8) is 0 Å². The van der Waals surface area contributed by atoms with E-state index < -0.39 is 6.17 Å². The normalized spacial score (nSPS) is 17.7. The fraction of sp³-hybridized carbons (Fsp3) is 0.471. The van der Waals surface area contributed by atoms with E-state index in [4.69, 9.17) is 11.6 Å². The minimum absolute atomic E-state index is 0.144. The molecule has 1 aliphatic heterocycles. The molecule has 0 spiro atoms. The summed E-state index contributed by atoms with van der Waals surface area (Å²) < 4.78 is 2.38. The quantitative estimate of drug-likeness (QED) is 0.591. The molecule has 1 fully saturated rings. The van der Waals surface area contributed by atoms with Crippen molar-refractivity contribution >= 4 is 45.7 Å². The second-order valence-corrected chi connectivity index (χ2v) is 7.83. The van der Waals surface area contributed by atoms with Gasteiger partial charge in [-0.2, -0.15) is 5.10 Å². The van der Waals surface area contributed by atoms with E-state index in [2.05, 4.69) is 18.9 Å². The number of benzene rings is 1. The molecule has 134 valence electrons. The Kier molecular flexibility index (Phi) is 5.56. The molecule has 8 heteroatoms. The first kappa shape index (κ1) is 18.1. The Bertz CT molecular complexity index is 837. The van der Waals surface area contributed by atoms with Crippen molar-refractivity contribution in [3.05, 3.63) is 32.9 Å². The van der Waals surface area contributed by atoms with Crippen molar-refractivity contribution in [2.45, 2.75) is 20.0 Å². The summed E-state index contributed by atoms with van der Waals surface area (Å²) in [6.07, 6.45) is 2.14. The van der Waals surface area contributed by atoms with Crippen LogP contribution in [0.2, 0.25) is 5.02 Å². The Balaban J connectivity index is 1.83. The second-order valence-electron chi connectivity index (χ2n) is 6.40. The van der Waals surface area contributed by atoms with Gasteiger partial charge < -0.3 is 0 Å². The Morgan fingerprint density at radius 2 is 1.96 bits per heavy atom. The van der Waals surface area contributed by atoms with Crippen molar-refractivity contribution in [1.29, 1.82) is 0 Å². The van der Waals surface area contributed by atoms with Crippen LogP contribution < -0.4 is 4.87 Å². The number of hydrogen-bond acceptors (Lipinski definition) is 6. The summed E-state index contributed by atoms with van der Waals surface area (Å²) in [6.45, 7) is 6.96. The van der Waals surface area contributed by atoms with Gasteiger partial charge in [-0.15, -0.1) is 0 Å². The summed E-state index contributed by atoms with van der Waals surface area (Å²) in [5.41, 5.74) is 0.708. The van der Waals surface area contributed by atoms with Gasteiger partial charge >= 0.3 is 4.87 Å². The van der Waals surface area contributed by atoms with Crippen molar-refractivity contribution in [3.8, 4) is 0 Å². The maximum atomic E-state index is 12.5. The summed E-state index contributed by atoms with van der Waals surface area (Å²) in [6, 6.07) is 5.32. The van der Waals surface area contributed by atoms with Crippen LogP contribution in [0.5, 0.6) is 0 Å². The lowest BCUT2D eigenvalue weighted by molar-refractivity contribution is -0.116. The SMILES string of the molecule is CC(C)C=NN1CCN(C(C=O)n2c(=O)sc3ccc(Cl)cc32)CC1. The van der Waals surface area contributed by atoms with Gasteiger partial charge in [-0.1, -0.05) is 36.8 Å². The fourth-order valence-corrected chi connectivity index (χ4v) is 3.94. The largest absolute Gasteiger partial charge is 0.309 e. The van der Waals surface area contributed by atoms with E-state index in [1.54, 1.807) is 16.7 Å². The van der Waals surface area contributed by atoms with E-state index in [0.29, 0.717) is 29.5 Å². The van der Waals surface area contributed by atoms with Crippen LogP contribution in [0.3, 0.4) is 0 Å². The molecule has 0 bridgehead atoms. The minimum atomic E-state index is -0.615. The van der Waals surface area contributed by atoms with Crippen LogP contribution in [0.15, 0.2) is 28.1 Å². The number of halogens is 1. The summed E-state index contributed by atoms with van der Waals surface area (Å²) in [5.74, 6) is 0.404. The minimum Gasteiger partial charge on any atom is -0.299 e. The van der Waals surface area contributed by atoms with Crippen LogP contribution in [-0.2, 0) is 4.79 Å². The van der Waals surface area contributed by atoms with Gasteiger partial charge in [-0.3, -0.25) is 24.1 Å². The highest BCUT2D eigenvalue weighted by molar-refractivity contribution is 7.16. The zero-order valence-electron chi connectivity index (χ0n) is 14.3. The molecule has 2 aromatic rings. The van der Waals surface area contributed by atoms with E-state index in [1.807, 2.05) is 22.2 Å². The fourth-order valence-electron chi connectivity index (χ4n) is 2.89. The van der Waals surface area contributed by atoms with Gasteiger partial charge in [0.25, 0.3) is 0 Å². The lowest BCUT2D eigenvalue weighted by atomic mass is 10.2. The molecule has 0 radical (unpaired) electrons. The molecule has 0 N–H and O–H groups in total. The first-order chi connectivity index (χ1) is 12.0. The summed E-state index contributed by atoms with van der Waals surface area (Å²) in [5, 5.41) is 7.01. The second kappa shape index (κ2) is 7.68. The predicted molar refractivity (Wildman–Crippen MR) is 103 cm³/mol. The molecule has 1 atom stereocenters. The molecular formula is C17H21ClN4O2S. The third-order valence-corrected chi connectivity index (χ3v) is 5.33. The van der Waals surface area contributed by atoms with Crippen molar-refractivity contribution in [2.75, 3.05) is 26.2 Å². The van der Waals surface area contributed by atoms with Gasteiger partial charge in [0.1, 0.15) is 6.17 Å². The zero-order chi connectivity index (χ0) is 18.0.